The molecule has 0 spiro atoms. The first-order valence-electron chi connectivity index (χ1n) is 3.22. The lowest BCUT2D eigenvalue weighted by atomic mass is 10.3. The number of fused-ring (bicyclic) bond motifs is 1. The van der Waals surface area contributed by atoms with Gasteiger partial charge in [0.25, 0.3) is 0 Å². The van der Waals surface area contributed by atoms with Crippen LogP contribution in [0, 0.1) is 0 Å². The maximum atomic E-state index is 11.0. The topological polar surface area (TPSA) is 68.0 Å². The van der Waals surface area contributed by atoms with Crippen LogP contribution in [-0.4, -0.2) is 25.9 Å². The van der Waals surface area contributed by atoms with E-state index in [0.717, 1.165) is 0 Å². The van der Waals surface area contributed by atoms with Crippen LogP contribution in [0.2, 0.25) is 0 Å². The van der Waals surface area contributed by atoms with Gasteiger partial charge >= 0.3 is 0 Å². The molecule has 0 saturated carbocycles. The van der Waals surface area contributed by atoms with E-state index in [1.807, 2.05) is 0 Å². The zero-order valence-corrected chi connectivity index (χ0v) is 7.00. The first kappa shape index (κ1) is 7.23. The Morgan fingerprint density at radius 3 is 3.17 bits per heavy atom. The molecule has 12 heavy (non-hydrogen) atoms. The molecule has 2 aromatic rings. The molecule has 0 amide bonds. The fraction of sp³-hybridized carbons (Fsp3) is 0.167. The van der Waals surface area contributed by atoms with Crippen molar-refractivity contribution in [3.63, 3.8) is 0 Å². The lowest BCUT2D eigenvalue weighted by Gasteiger charge is -1.84. The number of nitrogens with zero attached hydrogens (tertiary/aromatic N) is 3. The Morgan fingerprint density at radius 2 is 2.50 bits per heavy atom. The third kappa shape index (κ3) is 0.814. The molecule has 6 heteroatoms. The lowest BCUT2D eigenvalue weighted by Crippen LogP contribution is -1.97. The van der Waals surface area contributed by atoms with Gasteiger partial charge in [-0.15, -0.1) is 16.4 Å². The first-order chi connectivity index (χ1) is 5.70. The van der Waals surface area contributed by atoms with Crippen molar-refractivity contribution in [2.24, 2.45) is 0 Å². The van der Waals surface area contributed by atoms with Gasteiger partial charge in [0, 0.05) is 6.92 Å². The SMILES string of the molecule is CC(=O)c1nn(O)c2ncsc12. The van der Waals surface area contributed by atoms with E-state index in [1.165, 1.54) is 18.3 Å². The summed E-state index contributed by atoms with van der Waals surface area (Å²) in [4.78, 5) is 15.4. The third-order valence-electron chi connectivity index (χ3n) is 1.48. The van der Waals surface area contributed by atoms with E-state index >= 15 is 0 Å². The maximum absolute atomic E-state index is 11.0. The summed E-state index contributed by atoms with van der Waals surface area (Å²) < 4.78 is 0.630. The predicted molar refractivity (Wildman–Crippen MR) is 42.6 cm³/mol. The van der Waals surface area contributed by atoms with Crippen LogP contribution in [0.3, 0.4) is 0 Å². The normalized spacial score (nSPS) is 10.8. The number of carbonyl (C=O) groups excluding carboxylic acids is 1. The third-order valence-corrected chi connectivity index (χ3v) is 2.30. The highest BCUT2D eigenvalue weighted by Crippen LogP contribution is 2.20. The van der Waals surface area contributed by atoms with E-state index < -0.39 is 0 Å². The average molecular weight is 183 g/mol. The summed E-state index contributed by atoms with van der Waals surface area (Å²) in [5, 5.41) is 12.7. The van der Waals surface area contributed by atoms with Gasteiger partial charge in [0.1, 0.15) is 4.70 Å². The Bertz CT molecular complexity index is 445. The minimum Gasteiger partial charge on any atom is -0.410 e. The first-order valence-corrected chi connectivity index (χ1v) is 4.10. The summed E-state index contributed by atoms with van der Waals surface area (Å²) in [6.45, 7) is 1.40. The number of hydrogen-bond donors (Lipinski definition) is 1. The van der Waals surface area contributed by atoms with Crippen molar-refractivity contribution in [3.8, 4) is 0 Å². The lowest BCUT2D eigenvalue weighted by molar-refractivity contribution is 0.0997. The molecule has 5 nitrogen and oxygen atoms in total. The zero-order chi connectivity index (χ0) is 8.72. The van der Waals surface area contributed by atoms with Crippen LogP contribution in [0.15, 0.2) is 5.51 Å². The molecule has 0 atom stereocenters. The molecule has 0 aliphatic carbocycles. The summed E-state index contributed by atoms with van der Waals surface area (Å²) >= 11 is 1.29. The fourth-order valence-corrected chi connectivity index (χ4v) is 1.76. The fourth-order valence-electron chi connectivity index (χ4n) is 0.962. The number of aromatic nitrogens is 3. The Labute approximate surface area is 71.2 Å². The minimum atomic E-state index is -0.169. The summed E-state index contributed by atoms with van der Waals surface area (Å²) in [6, 6.07) is 0. The van der Waals surface area contributed by atoms with Crippen LogP contribution in [0.1, 0.15) is 17.4 Å². The predicted octanol–water partition coefficient (Wildman–Crippen LogP) is 0.933. The van der Waals surface area contributed by atoms with Crippen molar-refractivity contribution in [2.75, 3.05) is 0 Å². The van der Waals surface area contributed by atoms with E-state index in [4.69, 9.17) is 5.21 Å². The van der Waals surface area contributed by atoms with Crippen LogP contribution in [-0.2, 0) is 0 Å². The molecule has 0 fully saturated rings. The van der Waals surface area contributed by atoms with Crippen molar-refractivity contribution in [1.82, 2.24) is 14.9 Å². The molecule has 0 aromatic carbocycles. The van der Waals surface area contributed by atoms with Gasteiger partial charge in [0.2, 0.25) is 5.65 Å². The molecule has 2 heterocycles. The molecule has 1 N–H and O–H groups in total. The number of rotatable bonds is 1. The molecule has 2 rings (SSSR count). The van der Waals surface area contributed by atoms with Gasteiger partial charge in [-0.2, -0.15) is 0 Å². The minimum absolute atomic E-state index is 0.169. The van der Waals surface area contributed by atoms with Gasteiger partial charge in [-0.3, -0.25) is 4.79 Å². The largest absolute Gasteiger partial charge is 0.410 e. The second-order valence-corrected chi connectivity index (χ2v) is 3.15. The second kappa shape index (κ2) is 2.28. The quantitative estimate of drug-likeness (QED) is 0.527. The molecule has 0 bridgehead atoms. The Balaban J connectivity index is 2.83. The van der Waals surface area contributed by atoms with E-state index in [9.17, 15) is 4.79 Å². The molecule has 2 aromatic heterocycles. The van der Waals surface area contributed by atoms with Gasteiger partial charge in [-0.25, -0.2) is 4.98 Å². The standard InChI is InChI=1S/C6H5N3O2S/c1-3(10)4-5-6(7-2-12-5)9(11)8-4/h2,11H,1H3. The number of thiazole rings is 1. The molecule has 0 aliphatic heterocycles. The van der Waals surface area contributed by atoms with Crippen LogP contribution < -0.4 is 0 Å². The Hall–Kier alpha value is -1.43. The molecule has 62 valence electrons. The molecule has 0 saturated heterocycles. The smallest absolute Gasteiger partial charge is 0.210 e. The van der Waals surface area contributed by atoms with Crippen LogP contribution in [0.25, 0.3) is 10.3 Å². The number of carbonyl (C=O) groups is 1. The van der Waals surface area contributed by atoms with Crippen molar-refractivity contribution in [1.29, 1.82) is 0 Å². The highest BCUT2D eigenvalue weighted by atomic mass is 32.1. The highest BCUT2D eigenvalue weighted by molar-refractivity contribution is 7.17. The number of ketones is 1. The second-order valence-electron chi connectivity index (χ2n) is 2.30. The molecule has 0 radical (unpaired) electrons. The number of Topliss-reactive ketones (excluding diaryl/α,β-unsaturated/α-hetero) is 1. The number of hydrogen-bond acceptors (Lipinski definition) is 5. The summed E-state index contributed by atoms with van der Waals surface area (Å²) in [6.07, 6.45) is 0. The van der Waals surface area contributed by atoms with Crippen LogP contribution in [0.5, 0.6) is 0 Å². The van der Waals surface area contributed by atoms with Crippen LogP contribution >= 0.6 is 11.3 Å². The molecular formula is C6H5N3O2S. The molecular weight excluding hydrogens is 178 g/mol. The van der Waals surface area contributed by atoms with Gasteiger partial charge < -0.3 is 5.21 Å². The highest BCUT2D eigenvalue weighted by Gasteiger charge is 2.15. The zero-order valence-electron chi connectivity index (χ0n) is 6.18. The monoisotopic (exact) mass is 183 g/mol. The van der Waals surface area contributed by atoms with Crippen molar-refractivity contribution >= 4 is 27.5 Å². The van der Waals surface area contributed by atoms with Crippen LogP contribution in [0.4, 0.5) is 0 Å². The molecule has 0 aliphatic rings. The van der Waals surface area contributed by atoms with Crippen molar-refractivity contribution in [3.05, 3.63) is 11.2 Å². The van der Waals surface area contributed by atoms with Gasteiger partial charge in [0.15, 0.2) is 11.5 Å². The van der Waals surface area contributed by atoms with E-state index in [-0.39, 0.29) is 11.5 Å². The summed E-state index contributed by atoms with van der Waals surface area (Å²) in [7, 11) is 0. The van der Waals surface area contributed by atoms with E-state index in [1.54, 1.807) is 5.51 Å². The van der Waals surface area contributed by atoms with Gasteiger partial charge in [-0.05, 0) is 0 Å². The summed E-state index contributed by atoms with van der Waals surface area (Å²) in [5.41, 5.74) is 2.17. The van der Waals surface area contributed by atoms with E-state index in [2.05, 4.69) is 10.1 Å². The molecule has 0 unspecified atom stereocenters. The average Bonchev–Trinajstić information content (AvgIpc) is 2.53. The van der Waals surface area contributed by atoms with E-state index in [0.29, 0.717) is 15.2 Å². The Morgan fingerprint density at radius 1 is 1.75 bits per heavy atom. The maximum Gasteiger partial charge on any atom is 0.210 e. The van der Waals surface area contributed by atoms with Gasteiger partial charge in [-0.1, -0.05) is 4.85 Å². The van der Waals surface area contributed by atoms with Crippen molar-refractivity contribution in [2.45, 2.75) is 6.92 Å². The van der Waals surface area contributed by atoms with Gasteiger partial charge in [0.05, 0.1) is 5.51 Å². The summed E-state index contributed by atoms with van der Waals surface area (Å²) in [5.74, 6) is -0.169. The van der Waals surface area contributed by atoms with Crippen molar-refractivity contribution < 1.29 is 10.0 Å². The Kier molecular flexibility index (Phi) is 1.37.